The van der Waals surface area contributed by atoms with Gasteiger partial charge in [0.2, 0.25) is 5.91 Å². The average molecular weight is 475 g/mol. The maximum absolute atomic E-state index is 12.1. The van der Waals surface area contributed by atoms with Crippen molar-refractivity contribution < 1.29 is 9.59 Å². The number of fused-ring (bicyclic) bond motifs is 1. The Balaban J connectivity index is 1.25. The van der Waals surface area contributed by atoms with Crippen LogP contribution in [0.2, 0.25) is 0 Å². The highest BCUT2D eigenvalue weighted by molar-refractivity contribution is 6.17. The van der Waals surface area contributed by atoms with Crippen molar-refractivity contribution in [3.63, 3.8) is 0 Å². The molecule has 6 rings (SSSR count). The van der Waals surface area contributed by atoms with Crippen molar-refractivity contribution in [3.8, 4) is 11.1 Å². The van der Waals surface area contributed by atoms with Gasteiger partial charge >= 0.3 is 0 Å². The summed E-state index contributed by atoms with van der Waals surface area (Å²) in [4.78, 5) is 28.2. The van der Waals surface area contributed by atoms with E-state index in [0.29, 0.717) is 17.9 Å². The lowest BCUT2D eigenvalue weighted by atomic mass is 10.1. The second kappa shape index (κ2) is 8.99. The summed E-state index contributed by atoms with van der Waals surface area (Å²) in [5.74, 6) is 0.603. The van der Waals surface area contributed by atoms with E-state index in [1.807, 2.05) is 79.0 Å². The number of amides is 1. The summed E-state index contributed by atoms with van der Waals surface area (Å²) in [7, 11) is 0. The lowest BCUT2D eigenvalue weighted by Crippen LogP contribution is -2.14. The van der Waals surface area contributed by atoms with E-state index in [2.05, 4.69) is 26.1 Å². The summed E-state index contributed by atoms with van der Waals surface area (Å²) in [6.45, 7) is 0. The Hall–Kier alpha value is -4.98. The molecule has 1 amide bonds. The number of aromatic nitrogens is 3. The molecule has 1 saturated carbocycles. The van der Waals surface area contributed by atoms with Gasteiger partial charge in [-0.2, -0.15) is 5.10 Å². The van der Waals surface area contributed by atoms with Gasteiger partial charge in [0.1, 0.15) is 23.3 Å². The lowest BCUT2D eigenvalue weighted by molar-refractivity contribution is -0.120. The molecule has 2 aromatic heterocycles. The van der Waals surface area contributed by atoms with Crippen LogP contribution in [0.4, 0.5) is 28.7 Å². The number of anilines is 5. The number of carbonyl (C=O) groups is 2. The molecule has 36 heavy (non-hydrogen) atoms. The molecule has 0 radical (unpaired) electrons. The van der Waals surface area contributed by atoms with E-state index in [9.17, 15) is 9.59 Å². The molecule has 0 aliphatic heterocycles. The number of nitrogens with one attached hydrogen (secondary N) is 4. The maximum atomic E-state index is 12.1. The number of aromatic amines is 1. The Kier molecular flexibility index (Phi) is 5.38. The first-order valence-electron chi connectivity index (χ1n) is 11.6. The number of benzene rings is 3. The third kappa shape index (κ3) is 4.52. The first kappa shape index (κ1) is 21.5. The Labute approximate surface area is 206 Å². The van der Waals surface area contributed by atoms with Crippen molar-refractivity contribution in [3.05, 3.63) is 91.3 Å². The van der Waals surface area contributed by atoms with Crippen LogP contribution in [0.5, 0.6) is 0 Å². The molecule has 1 atom stereocenters. The Morgan fingerprint density at radius 2 is 1.67 bits per heavy atom. The van der Waals surface area contributed by atoms with Crippen LogP contribution in [0.25, 0.3) is 21.9 Å². The zero-order valence-corrected chi connectivity index (χ0v) is 19.2. The van der Waals surface area contributed by atoms with Gasteiger partial charge in [0.05, 0.1) is 6.20 Å². The lowest BCUT2D eigenvalue weighted by Gasteiger charge is -2.14. The number of hydrogen-bond donors (Lipinski definition) is 4. The van der Waals surface area contributed by atoms with Crippen LogP contribution >= 0.6 is 0 Å². The molecule has 1 aliphatic carbocycles. The van der Waals surface area contributed by atoms with E-state index >= 15 is 0 Å². The van der Waals surface area contributed by atoms with Crippen molar-refractivity contribution >= 4 is 51.2 Å². The smallest absolute Gasteiger partial charge is 0.235 e. The predicted octanol–water partition coefficient (Wildman–Crippen LogP) is 5.64. The molecular formula is C28H22N6O2. The quantitative estimate of drug-likeness (QED) is 0.227. The summed E-state index contributed by atoms with van der Waals surface area (Å²) in [5.41, 5.74) is 4.41. The van der Waals surface area contributed by atoms with E-state index in [1.165, 1.54) is 0 Å². The fraction of sp³-hybridized carbons (Fsp3) is 0.0714. The molecule has 3 aromatic carbocycles. The molecule has 176 valence electrons. The summed E-state index contributed by atoms with van der Waals surface area (Å²) in [5, 5.41) is 18.5. The number of H-pyrrole nitrogens is 1. The van der Waals surface area contributed by atoms with Gasteiger partial charge in [-0.1, -0.05) is 42.5 Å². The number of ketones is 1. The molecule has 0 saturated heterocycles. The van der Waals surface area contributed by atoms with Crippen LogP contribution in [-0.4, -0.2) is 26.9 Å². The third-order valence-corrected chi connectivity index (χ3v) is 6.07. The van der Waals surface area contributed by atoms with Crippen LogP contribution in [0.15, 0.2) is 91.3 Å². The molecule has 1 aliphatic rings. The Morgan fingerprint density at radius 1 is 0.861 bits per heavy atom. The van der Waals surface area contributed by atoms with Gasteiger partial charge in [-0.25, -0.2) is 4.98 Å². The molecule has 1 fully saturated rings. The van der Waals surface area contributed by atoms with Crippen LogP contribution < -0.4 is 16.0 Å². The number of nitrogens with zero attached hydrogens (tertiary/aromatic N) is 2. The van der Waals surface area contributed by atoms with E-state index in [1.54, 1.807) is 12.3 Å². The first-order chi connectivity index (χ1) is 17.6. The normalized spacial score (nSPS) is 14.4. The summed E-state index contributed by atoms with van der Waals surface area (Å²) >= 11 is 0. The molecular weight excluding hydrogens is 452 g/mol. The number of rotatable bonds is 7. The third-order valence-electron chi connectivity index (χ3n) is 6.07. The van der Waals surface area contributed by atoms with Gasteiger partial charge < -0.3 is 16.0 Å². The zero-order valence-electron chi connectivity index (χ0n) is 19.2. The summed E-state index contributed by atoms with van der Waals surface area (Å²) in [6.07, 6.45) is 3.98. The minimum Gasteiger partial charge on any atom is -0.340 e. The highest BCUT2D eigenvalue weighted by Gasteiger charge is 2.41. The minimum atomic E-state index is -0.508. The molecule has 0 spiro atoms. The van der Waals surface area contributed by atoms with Crippen molar-refractivity contribution in [2.24, 2.45) is 5.92 Å². The van der Waals surface area contributed by atoms with Crippen LogP contribution in [0, 0.1) is 5.92 Å². The van der Waals surface area contributed by atoms with Crippen LogP contribution in [0.3, 0.4) is 0 Å². The van der Waals surface area contributed by atoms with E-state index in [4.69, 9.17) is 4.98 Å². The second-order valence-electron chi connectivity index (χ2n) is 8.68. The molecule has 4 N–H and O–H groups in total. The Morgan fingerprint density at radius 3 is 2.44 bits per heavy atom. The summed E-state index contributed by atoms with van der Waals surface area (Å²) in [6, 6.07) is 25.5. The molecule has 8 heteroatoms. The molecule has 5 aromatic rings. The van der Waals surface area contributed by atoms with Crippen LogP contribution in [0.1, 0.15) is 6.42 Å². The van der Waals surface area contributed by atoms with Gasteiger partial charge in [-0.15, -0.1) is 0 Å². The Bertz CT molecular complexity index is 1580. The number of Topliss-reactive ketones (excluding diaryl/α,β-unsaturated/α-hetero) is 1. The minimum absolute atomic E-state index is 0.0155. The second-order valence-corrected chi connectivity index (χ2v) is 8.68. The van der Waals surface area contributed by atoms with Gasteiger partial charge in [-0.05, 0) is 47.3 Å². The van der Waals surface area contributed by atoms with Crippen molar-refractivity contribution in [2.45, 2.75) is 6.42 Å². The van der Waals surface area contributed by atoms with Gasteiger partial charge in [0.25, 0.3) is 0 Å². The highest BCUT2D eigenvalue weighted by atomic mass is 16.2. The highest BCUT2D eigenvalue weighted by Crippen LogP contribution is 2.31. The zero-order chi connectivity index (χ0) is 24.5. The fourth-order valence-electron chi connectivity index (χ4n) is 4.08. The van der Waals surface area contributed by atoms with Crippen LogP contribution in [-0.2, 0) is 9.59 Å². The molecule has 2 heterocycles. The fourth-order valence-corrected chi connectivity index (χ4v) is 4.08. The monoisotopic (exact) mass is 474 g/mol. The van der Waals surface area contributed by atoms with E-state index < -0.39 is 5.92 Å². The van der Waals surface area contributed by atoms with E-state index in [-0.39, 0.29) is 11.7 Å². The van der Waals surface area contributed by atoms with Crippen molar-refractivity contribution in [1.82, 2.24) is 15.2 Å². The number of carbonyl (C=O) groups excluding carboxylic acids is 2. The standard InChI is InChI=1S/C28H22N6O2/c35-25-14-24(25)28(36)33-22-6-3-5-21(13-22)31-26-12-18-4-1-2-7-23(18)27(34-26)32-20-10-8-17(9-11-20)19-15-29-30-16-19/h1-13,15-16,24H,14H2,(H,29,30)(H,33,36)(H2,31,32,34). The first-order valence-corrected chi connectivity index (χ1v) is 11.6. The maximum Gasteiger partial charge on any atom is 0.235 e. The molecule has 1 unspecified atom stereocenters. The van der Waals surface area contributed by atoms with Gasteiger partial charge in [0.15, 0.2) is 0 Å². The summed E-state index contributed by atoms with van der Waals surface area (Å²) < 4.78 is 0. The van der Waals surface area contributed by atoms with Gasteiger partial charge in [0, 0.05) is 40.6 Å². The predicted molar refractivity (Wildman–Crippen MR) is 141 cm³/mol. The largest absolute Gasteiger partial charge is 0.340 e. The van der Waals surface area contributed by atoms with Crippen molar-refractivity contribution in [2.75, 3.05) is 16.0 Å². The average Bonchev–Trinajstić information content (AvgIpc) is 3.38. The molecule has 0 bridgehead atoms. The number of pyridine rings is 1. The van der Waals surface area contributed by atoms with Gasteiger partial charge in [-0.3, -0.25) is 14.7 Å². The topological polar surface area (TPSA) is 112 Å². The van der Waals surface area contributed by atoms with E-state index in [0.717, 1.165) is 39.1 Å². The number of hydrogen-bond acceptors (Lipinski definition) is 6. The molecule has 8 nitrogen and oxygen atoms in total. The SMILES string of the molecule is O=C1CC1C(=O)Nc1cccc(Nc2cc3ccccc3c(Nc3ccc(-c4cn[nH]c4)cc3)n2)c1. The van der Waals surface area contributed by atoms with Crippen molar-refractivity contribution in [1.29, 1.82) is 0 Å².